The number of halogens is 1. The van der Waals surface area contributed by atoms with Gasteiger partial charge < -0.3 is 10.2 Å². The maximum atomic E-state index is 12.0. The van der Waals surface area contributed by atoms with Crippen molar-refractivity contribution in [2.24, 2.45) is 0 Å². The maximum absolute atomic E-state index is 12.0. The summed E-state index contributed by atoms with van der Waals surface area (Å²) < 4.78 is 0. The fourth-order valence-corrected chi connectivity index (χ4v) is 4.02. The second-order valence-electron chi connectivity index (χ2n) is 5.03. The van der Waals surface area contributed by atoms with Crippen LogP contribution in [0, 0.1) is 0 Å². The number of rotatable bonds is 4. The van der Waals surface area contributed by atoms with E-state index in [1.54, 1.807) is 11.3 Å². The summed E-state index contributed by atoms with van der Waals surface area (Å²) >= 11 is 3.13. The Morgan fingerprint density at radius 1 is 1.41 bits per heavy atom. The monoisotopic (exact) mass is 355 g/mol. The second-order valence-corrected chi connectivity index (χ2v) is 7.16. The lowest BCUT2D eigenvalue weighted by Crippen LogP contribution is -2.25. The highest BCUT2D eigenvalue weighted by Gasteiger charge is 2.19. The summed E-state index contributed by atoms with van der Waals surface area (Å²) in [4.78, 5) is 21.2. The van der Waals surface area contributed by atoms with Crippen LogP contribution in [0.15, 0.2) is 35.2 Å². The first-order chi connectivity index (χ1) is 10.2. The fourth-order valence-electron chi connectivity index (χ4n) is 2.20. The number of fused-ring (bicyclic) bond motifs is 1. The van der Waals surface area contributed by atoms with E-state index in [-0.39, 0.29) is 18.3 Å². The smallest absolute Gasteiger partial charge is 0.236 e. The van der Waals surface area contributed by atoms with Crippen molar-refractivity contribution in [3.63, 3.8) is 0 Å². The van der Waals surface area contributed by atoms with E-state index in [4.69, 9.17) is 0 Å². The van der Waals surface area contributed by atoms with E-state index in [1.165, 1.54) is 16.6 Å². The Labute approximate surface area is 144 Å². The molecule has 1 aromatic carbocycles. The van der Waals surface area contributed by atoms with Gasteiger partial charge in [-0.15, -0.1) is 35.5 Å². The van der Waals surface area contributed by atoms with E-state index in [0.29, 0.717) is 5.75 Å². The Hall–Kier alpha value is -1.08. The third-order valence-corrected chi connectivity index (χ3v) is 5.29. The molecule has 1 N–H and O–H groups in total. The molecule has 3 rings (SSSR count). The van der Waals surface area contributed by atoms with Gasteiger partial charge in [-0.2, -0.15) is 0 Å². The number of carbonyl (C=O) groups is 1. The minimum absolute atomic E-state index is 0. The summed E-state index contributed by atoms with van der Waals surface area (Å²) in [5.74, 6) is 0.414. The van der Waals surface area contributed by atoms with E-state index < -0.39 is 0 Å². The minimum atomic E-state index is 0. The van der Waals surface area contributed by atoms with Crippen LogP contribution >= 0.6 is 35.5 Å². The summed E-state index contributed by atoms with van der Waals surface area (Å²) in [7, 11) is 2.11. The molecule has 0 bridgehead atoms. The predicted octanol–water partition coefficient (Wildman–Crippen LogP) is 3.28. The van der Waals surface area contributed by atoms with Crippen molar-refractivity contribution in [1.82, 2.24) is 9.88 Å². The number of hydrogen-bond acceptors (Lipinski definition) is 5. The molecule has 0 saturated carbocycles. The Kier molecular flexibility index (Phi) is 6.26. The number of carbonyl (C=O) groups excluding carboxylic acids is 1. The van der Waals surface area contributed by atoms with Crippen LogP contribution in [0.1, 0.15) is 10.6 Å². The molecule has 1 amide bonds. The largest absolute Gasteiger partial charge is 0.301 e. The zero-order valence-electron chi connectivity index (χ0n) is 12.2. The third-order valence-electron chi connectivity index (χ3n) is 3.28. The van der Waals surface area contributed by atoms with Gasteiger partial charge in [0.2, 0.25) is 5.91 Å². The second kappa shape index (κ2) is 7.97. The van der Waals surface area contributed by atoms with Crippen molar-refractivity contribution < 1.29 is 4.79 Å². The third kappa shape index (κ3) is 4.46. The van der Waals surface area contributed by atoms with E-state index in [2.05, 4.69) is 22.2 Å². The Morgan fingerprint density at radius 2 is 2.18 bits per heavy atom. The zero-order chi connectivity index (χ0) is 14.7. The molecule has 2 heterocycles. The van der Waals surface area contributed by atoms with Gasteiger partial charge in [0.05, 0.1) is 11.4 Å². The number of aromatic nitrogens is 1. The minimum Gasteiger partial charge on any atom is -0.301 e. The first-order valence-corrected chi connectivity index (χ1v) is 8.66. The molecule has 2 aromatic rings. The molecule has 4 nitrogen and oxygen atoms in total. The average Bonchev–Trinajstić information content (AvgIpc) is 2.87. The Balaban J connectivity index is 0.00000176. The van der Waals surface area contributed by atoms with Gasteiger partial charge >= 0.3 is 0 Å². The van der Waals surface area contributed by atoms with Crippen molar-refractivity contribution in [3.05, 3.63) is 40.9 Å². The lowest BCUT2D eigenvalue weighted by Gasteiger charge is -2.20. The average molecular weight is 356 g/mol. The summed E-state index contributed by atoms with van der Waals surface area (Å²) in [5.41, 5.74) is 1.14. The molecule has 0 atom stereocenters. The molecule has 0 spiro atoms. The molecule has 7 heteroatoms. The number of amides is 1. The standard InChI is InChI=1S/C15H17N3OS2.ClH/c1-18-8-7-12-13(9-18)21-15(16-12)17-14(19)10-20-11-5-3-2-4-6-11;/h2-6H,7-10H2,1H3,(H,16,17,19);1H. The number of anilines is 1. The number of benzene rings is 1. The van der Waals surface area contributed by atoms with E-state index in [9.17, 15) is 4.79 Å². The van der Waals surface area contributed by atoms with E-state index in [1.807, 2.05) is 30.3 Å². The number of thiazole rings is 1. The number of hydrogen-bond donors (Lipinski definition) is 1. The van der Waals surface area contributed by atoms with Crippen LogP contribution in [0.2, 0.25) is 0 Å². The zero-order valence-corrected chi connectivity index (χ0v) is 14.7. The molecule has 0 aliphatic carbocycles. The Bertz CT molecular complexity index is 633. The highest BCUT2D eigenvalue weighted by Crippen LogP contribution is 2.28. The molecule has 1 aromatic heterocycles. The van der Waals surface area contributed by atoms with Crippen molar-refractivity contribution in [3.8, 4) is 0 Å². The van der Waals surface area contributed by atoms with Crippen LogP contribution in [0.3, 0.4) is 0 Å². The van der Waals surface area contributed by atoms with Gasteiger partial charge in [0, 0.05) is 29.3 Å². The highest BCUT2D eigenvalue weighted by molar-refractivity contribution is 8.00. The molecular formula is C15H18ClN3OS2. The van der Waals surface area contributed by atoms with Crippen LogP contribution in [0.4, 0.5) is 5.13 Å². The molecule has 118 valence electrons. The predicted molar refractivity (Wildman–Crippen MR) is 95.2 cm³/mol. The van der Waals surface area contributed by atoms with Crippen molar-refractivity contribution >= 4 is 46.5 Å². The van der Waals surface area contributed by atoms with Gasteiger partial charge in [-0.05, 0) is 19.2 Å². The van der Waals surface area contributed by atoms with Crippen LogP contribution in [-0.4, -0.2) is 35.1 Å². The molecule has 22 heavy (non-hydrogen) atoms. The lowest BCUT2D eigenvalue weighted by molar-refractivity contribution is -0.113. The molecular weight excluding hydrogens is 338 g/mol. The first kappa shape index (κ1) is 17.3. The number of thioether (sulfide) groups is 1. The molecule has 0 radical (unpaired) electrons. The highest BCUT2D eigenvalue weighted by atomic mass is 35.5. The number of nitrogens with zero attached hydrogens (tertiary/aromatic N) is 2. The summed E-state index contributed by atoms with van der Waals surface area (Å²) in [6, 6.07) is 9.95. The van der Waals surface area contributed by atoms with Crippen molar-refractivity contribution in [2.45, 2.75) is 17.9 Å². The van der Waals surface area contributed by atoms with Crippen LogP contribution in [-0.2, 0) is 17.8 Å². The van der Waals surface area contributed by atoms with E-state index in [0.717, 1.165) is 35.2 Å². The summed E-state index contributed by atoms with van der Waals surface area (Å²) in [5, 5.41) is 3.64. The quantitative estimate of drug-likeness (QED) is 0.855. The van der Waals surface area contributed by atoms with Crippen LogP contribution < -0.4 is 5.32 Å². The van der Waals surface area contributed by atoms with Gasteiger partial charge in [0.25, 0.3) is 0 Å². The molecule has 0 fully saturated rings. The summed E-state index contributed by atoms with van der Waals surface area (Å²) in [6.07, 6.45) is 0.969. The maximum Gasteiger partial charge on any atom is 0.236 e. The summed E-state index contributed by atoms with van der Waals surface area (Å²) in [6.45, 7) is 1.97. The van der Waals surface area contributed by atoms with Crippen LogP contribution in [0.5, 0.6) is 0 Å². The van der Waals surface area contributed by atoms with Crippen molar-refractivity contribution in [2.75, 3.05) is 24.7 Å². The molecule has 1 aliphatic rings. The van der Waals surface area contributed by atoms with Crippen molar-refractivity contribution in [1.29, 1.82) is 0 Å². The number of nitrogens with one attached hydrogen (secondary N) is 1. The molecule has 0 saturated heterocycles. The molecule has 0 unspecified atom stereocenters. The van der Waals surface area contributed by atoms with Gasteiger partial charge in [0.15, 0.2) is 5.13 Å². The topological polar surface area (TPSA) is 45.2 Å². The first-order valence-electron chi connectivity index (χ1n) is 6.85. The SMILES string of the molecule is CN1CCc2nc(NC(=O)CSc3ccccc3)sc2C1.Cl. The Morgan fingerprint density at radius 3 is 2.95 bits per heavy atom. The van der Waals surface area contributed by atoms with Gasteiger partial charge in [-0.1, -0.05) is 18.2 Å². The fraction of sp³-hybridized carbons (Fsp3) is 0.333. The van der Waals surface area contributed by atoms with Gasteiger partial charge in [0.1, 0.15) is 0 Å². The lowest BCUT2D eigenvalue weighted by atomic mass is 10.2. The normalized spacial score (nSPS) is 14.0. The van der Waals surface area contributed by atoms with E-state index >= 15 is 0 Å². The molecule has 1 aliphatic heterocycles. The van der Waals surface area contributed by atoms with Crippen LogP contribution in [0.25, 0.3) is 0 Å². The van der Waals surface area contributed by atoms with Gasteiger partial charge in [-0.3, -0.25) is 4.79 Å². The number of likely N-dealkylation sites (N-methyl/N-ethyl adjacent to an activating group) is 1. The van der Waals surface area contributed by atoms with Gasteiger partial charge in [-0.25, -0.2) is 4.98 Å².